The summed E-state index contributed by atoms with van der Waals surface area (Å²) in [7, 11) is 3.03. The van der Waals surface area contributed by atoms with E-state index >= 15 is 0 Å². The van der Waals surface area contributed by atoms with Crippen molar-refractivity contribution in [2.75, 3.05) is 40.5 Å². The maximum absolute atomic E-state index is 12.3. The number of hydrogen-bond acceptors (Lipinski definition) is 4. The molecule has 2 N–H and O–H groups in total. The Morgan fingerprint density at radius 1 is 1.15 bits per heavy atom. The molecule has 0 bridgehead atoms. The number of methoxy groups -OCH3 is 2. The van der Waals surface area contributed by atoms with E-state index < -0.39 is 12.8 Å². The van der Waals surface area contributed by atoms with Gasteiger partial charge in [0.25, 0.3) is 0 Å². The molecule has 6 nitrogen and oxygen atoms in total. The molecule has 1 aromatic rings. The number of nitrogens with one attached hydrogen (secondary N) is 2. The first kappa shape index (κ1) is 25.6. The molecule has 10 heteroatoms. The predicted octanol–water partition coefficient (Wildman–Crippen LogP) is 3.35. The molecular formula is C17H27F3IN3O3. The van der Waals surface area contributed by atoms with E-state index in [1.54, 1.807) is 19.2 Å². The Morgan fingerprint density at radius 3 is 2.48 bits per heavy atom. The fraction of sp³-hybridized carbons (Fsp3) is 0.588. The molecule has 0 saturated carbocycles. The predicted molar refractivity (Wildman–Crippen MR) is 109 cm³/mol. The standard InChI is InChI=1S/C17H26F3N3O3.HI/c1-4-21-16(22-8-5-9-24-2)23-11-13-6-7-14(15(10-13)25-3)26-12-17(18,19)20;/h6-7,10H,4-5,8-9,11-12H2,1-3H3,(H2,21,22,23);1H. The Balaban J connectivity index is 0.00000676. The zero-order chi connectivity index (χ0) is 19.4. The molecule has 1 rings (SSSR count). The van der Waals surface area contributed by atoms with Gasteiger partial charge >= 0.3 is 6.18 Å². The fourth-order valence-electron chi connectivity index (χ4n) is 2.02. The molecule has 27 heavy (non-hydrogen) atoms. The van der Waals surface area contributed by atoms with Crippen molar-refractivity contribution in [3.63, 3.8) is 0 Å². The molecule has 0 radical (unpaired) electrons. The number of guanidine groups is 1. The van der Waals surface area contributed by atoms with Gasteiger partial charge in [-0.15, -0.1) is 24.0 Å². The zero-order valence-corrected chi connectivity index (χ0v) is 18.0. The third kappa shape index (κ3) is 11.1. The summed E-state index contributed by atoms with van der Waals surface area (Å²) >= 11 is 0. The van der Waals surface area contributed by atoms with E-state index in [2.05, 4.69) is 15.6 Å². The molecule has 0 aromatic heterocycles. The number of aliphatic imine (C=N–C) groups is 1. The zero-order valence-electron chi connectivity index (χ0n) is 15.7. The van der Waals surface area contributed by atoms with Crippen LogP contribution in [0.15, 0.2) is 23.2 Å². The van der Waals surface area contributed by atoms with Crippen LogP contribution >= 0.6 is 24.0 Å². The first-order valence-corrected chi connectivity index (χ1v) is 8.27. The lowest BCUT2D eigenvalue weighted by molar-refractivity contribution is -0.153. The number of halogens is 4. The summed E-state index contributed by atoms with van der Waals surface area (Å²) in [5, 5.41) is 6.30. The van der Waals surface area contributed by atoms with E-state index in [0.717, 1.165) is 12.0 Å². The van der Waals surface area contributed by atoms with Crippen LogP contribution < -0.4 is 20.1 Å². The minimum atomic E-state index is -4.40. The van der Waals surface area contributed by atoms with Crippen LogP contribution in [0, 0.1) is 0 Å². The normalized spacial score (nSPS) is 11.6. The summed E-state index contributed by atoms with van der Waals surface area (Å²) in [4.78, 5) is 4.45. The van der Waals surface area contributed by atoms with E-state index in [-0.39, 0.29) is 35.5 Å². The molecule has 0 spiro atoms. The van der Waals surface area contributed by atoms with Crippen molar-refractivity contribution in [3.05, 3.63) is 23.8 Å². The summed E-state index contributed by atoms with van der Waals surface area (Å²) in [5.74, 6) is 0.933. The van der Waals surface area contributed by atoms with Crippen molar-refractivity contribution < 1.29 is 27.4 Å². The second-order valence-electron chi connectivity index (χ2n) is 5.36. The van der Waals surface area contributed by atoms with Gasteiger partial charge in [0.1, 0.15) is 0 Å². The molecule has 0 unspecified atom stereocenters. The monoisotopic (exact) mass is 505 g/mol. The van der Waals surface area contributed by atoms with Crippen molar-refractivity contribution in [2.45, 2.75) is 26.1 Å². The van der Waals surface area contributed by atoms with E-state index in [9.17, 15) is 13.2 Å². The lowest BCUT2D eigenvalue weighted by Gasteiger charge is -2.14. The highest BCUT2D eigenvalue weighted by atomic mass is 127. The van der Waals surface area contributed by atoms with Crippen LogP contribution in [0.5, 0.6) is 11.5 Å². The van der Waals surface area contributed by atoms with Gasteiger partial charge in [-0.3, -0.25) is 0 Å². The number of benzene rings is 1. The number of rotatable bonds is 10. The van der Waals surface area contributed by atoms with E-state index in [4.69, 9.17) is 14.2 Å². The molecule has 0 atom stereocenters. The molecule has 0 aliphatic heterocycles. The second-order valence-corrected chi connectivity index (χ2v) is 5.36. The largest absolute Gasteiger partial charge is 0.493 e. The summed E-state index contributed by atoms with van der Waals surface area (Å²) in [6, 6.07) is 4.73. The first-order chi connectivity index (χ1) is 12.4. The topological polar surface area (TPSA) is 64.1 Å². The van der Waals surface area contributed by atoms with Crippen molar-refractivity contribution in [1.29, 1.82) is 0 Å². The Kier molecular flexibility index (Phi) is 13.0. The lowest BCUT2D eigenvalue weighted by Crippen LogP contribution is -2.38. The quantitative estimate of drug-likeness (QED) is 0.221. The Labute approximate surface area is 174 Å². The molecule has 0 aliphatic rings. The van der Waals surface area contributed by atoms with Gasteiger partial charge in [-0.05, 0) is 31.0 Å². The average Bonchev–Trinajstić information content (AvgIpc) is 2.61. The molecular weight excluding hydrogens is 478 g/mol. The van der Waals surface area contributed by atoms with Crippen molar-refractivity contribution >= 4 is 29.9 Å². The first-order valence-electron chi connectivity index (χ1n) is 8.27. The highest BCUT2D eigenvalue weighted by Gasteiger charge is 2.29. The minimum Gasteiger partial charge on any atom is -0.493 e. The molecule has 156 valence electrons. The van der Waals surface area contributed by atoms with Crippen molar-refractivity contribution in [1.82, 2.24) is 10.6 Å². The van der Waals surface area contributed by atoms with Gasteiger partial charge in [0, 0.05) is 26.8 Å². The number of ether oxygens (including phenoxy) is 3. The summed E-state index contributed by atoms with van der Waals surface area (Å²) in [6.07, 6.45) is -3.55. The second kappa shape index (κ2) is 13.7. The fourth-order valence-corrected chi connectivity index (χ4v) is 2.02. The molecule has 1 aromatic carbocycles. The SMILES string of the molecule is CCNC(=NCc1ccc(OCC(F)(F)F)c(OC)c1)NCCCOC.I. The average molecular weight is 505 g/mol. The van der Waals surface area contributed by atoms with Gasteiger partial charge in [0.2, 0.25) is 0 Å². The van der Waals surface area contributed by atoms with Crippen LogP contribution in [-0.2, 0) is 11.3 Å². The molecule has 0 heterocycles. The van der Waals surface area contributed by atoms with Crippen molar-refractivity contribution in [3.8, 4) is 11.5 Å². The molecule has 0 saturated heterocycles. The smallest absolute Gasteiger partial charge is 0.422 e. The highest BCUT2D eigenvalue weighted by molar-refractivity contribution is 14.0. The number of alkyl halides is 3. The Hall–Kier alpha value is -1.43. The third-order valence-corrected chi connectivity index (χ3v) is 3.20. The van der Waals surface area contributed by atoms with E-state index in [1.165, 1.54) is 13.2 Å². The van der Waals surface area contributed by atoms with Gasteiger partial charge < -0.3 is 24.8 Å². The molecule has 0 amide bonds. The maximum Gasteiger partial charge on any atom is 0.422 e. The highest BCUT2D eigenvalue weighted by Crippen LogP contribution is 2.30. The van der Waals surface area contributed by atoms with Gasteiger partial charge in [-0.2, -0.15) is 13.2 Å². The van der Waals surface area contributed by atoms with Gasteiger partial charge in [-0.25, -0.2) is 4.99 Å². The third-order valence-electron chi connectivity index (χ3n) is 3.20. The van der Waals surface area contributed by atoms with Crippen LogP contribution in [0.25, 0.3) is 0 Å². The molecule has 0 aliphatic carbocycles. The van der Waals surface area contributed by atoms with E-state index in [1.807, 2.05) is 6.92 Å². The van der Waals surface area contributed by atoms with Gasteiger partial charge in [0.05, 0.1) is 13.7 Å². The minimum absolute atomic E-state index is 0. The molecule has 0 fully saturated rings. The Morgan fingerprint density at radius 2 is 1.89 bits per heavy atom. The summed E-state index contributed by atoms with van der Waals surface area (Å²) in [6.45, 7) is 3.02. The number of hydrogen-bond donors (Lipinski definition) is 2. The lowest BCUT2D eigenvalue weighted by atomic mass is 10.2. The van der Waals surface area contributed by atoms with Gasteiger partial charge in [0.15, 0.2) is 24.1 Å². The van der Waals surface area contributed by atoms with Crippen LogP contribution in [0.4, 0.5) is 13.2 Å². The number of nitrogens with zero attached hydrogens (tertiary/aromatic N) is 1. The van der Waals surface area contributed by atoms with Crippen LogP contribution in [-0.4, -0.2) is 52.7 Å². The van der Waals surface area contributed by atoms with Gasteiger partial charge in [-0.1, -0.05) is 6.07 Å². The van der Waals surface area contributed by atoms with Crippen LogP contribution in [0.3, 0.4) is 0 Å². The summed E-state index contributed by atoms with van der Waals surface area (Å²) in [5.41, 5.74) is 0.787. The Bertz CT molecular complexity index is 572. The van der Waals surface area contributed by atoms with E-state index in [0.29, 0.717) is 32.2 Å². The maximum atomic E-state index is 12.3. The van der Waals surface area contributed by atoms with Crippen LogP contribution in [0.2, 0.25) is 0 Å². The van der Waals surface area contributed by atoms with Crippen molar-refractivity contribution in [2.24, 2.45) is 4.99 Å². The summed E-state index contributed by atoms with van der Waals surface area (Å²) < 4.78 is 51.7. The van der Waals surface area contributed by atoms with Crippen LogP contribution in [0.1, 0.15) is 18.9 Å².